The normalized spacial score (nSPS) is 10.5. The number of hydrogen-bond donors (Lipinski definition) is 2. The first-order chi connectivity index (χ1) is 14.9. The number of benzene rings is 2. The van der Waals surface area contributed by atoms with Crippen LogP contribution < -0.4 is 29.7 Å². The number of nitrogens with one attached hydrogen (secondary N) is 2. The molecule has 0 aliphatic rings. The molecule has 0 aromatic heterocycles. The van der Waals surface area contributed by atoms with Crippen LogP contribution in [0.3, 0.4) is 0 Å². The molecule has 0 aliphatic heterocycles. The quantitative estimate of drug-likeness (QED) is 0.389. The lowest BCUT2D eigenvalue weighted by molar-refractivity contribution is -0.120. The zero-order valence-corrected chi connectivity index (χ0v) is 19.2. The Kier molecular flexibility index (Phi) is 9.13. The summed E-state index contributed by atoms with van der Waals surface area (Å²) in [6, 6.07) is 8.22. The second kappa shape index (κ2) is 11.8. The molecule has 0 atom stereocenters. The molecule has 0 spiro atoms. The number of nitrogens with zero attached hydrogens (tertiary/aromatic N) is 1. The SMILES string of the molecule is CCOc1c(Br)cc(/C=N\NC(=O)CNC(=O)c2ccc(OC)c(OC)c2)cc1OC. The number of carbonyl (C=O) groups is 2. The van der Waals surface area contributed by atoms with Crippen molar-refractivity contribution in [1.29, 1.82) is 0 Å². The standard InChI is InChI=1S/C21H24BrN3O6/c1-5-31-20-15(22)8-13(9-18(20)30-4)11-24-25-19(26)12-23-21(27)14-6-7-16(28-2)17(10-14)29-3/h6-11H,5,12H2,1-4H3,(H,23,27)(H,25,26)/b24-11-. The minimum atomic E-state index is -0.484. The second-order valence-electron chi connectivity index (χ2n) is 6.01. The number of amides is 2. The Bertz CT molecular complexity index is 964. The van der Waals surface area contributed by atoms with E-state index in [4.69, 9.17) is 18.9 Å². The van der Waals surface area contributed by atoms with Gasteiger partial charge >= 0.3 is 0 Å². The Labute approximate surface area is 188 Å². The molecule has 2 amide bonds. The summed E-state index contributed by atoms with van der Waals surface area (Å²) in [5, 5.41) is 6.42. The van der Waals surface area contributed by atoms with Gasteiger partial charge in [0.15, 0.2) is 23.0 Å². The molecule has 0 heterocycles. The third-order valence-electron chi connectivity index (χ3n) is 4.00. The van der Waals surface area contributed by atoms with Gasteiger partial charge in [-0.15, -0.1) is 0 Å². The van der Waals surface area contributed by atoms with Crippen LogP contribution in [-0.4, -0.2) is 52.5 Å². The maximum absolute atomic E-state index is 12.2. The third kappa shape index (κ3) is 6.61. The van der Waals surface area contributed by atoms with Crippen molar-refractivity contribution in [2.45, 2.75) is 6.92 Å². The lowest BCUT2D eigenvalue weighted by atomic mass is 10.2. The molecule has 0 saturated carbocycles. The highest BCUT2D eigenvalue weighted by atomic mass is 79.9. The summed E-state index contributed by atoms with van der Waals surface area (Å²) in [5.74, 6) is 1.13. The average Bonchev–Trinajstić information content (AvgIpc) is 2.78. The van der Waals surface area contributed by atoms with Crippen molar-refractivity contribution < 1.29 is 28.5 Å². The largest absolute Gasteiger partial charge is 0.493 e. The fraction of sp³-hybridized carbons (Fsp3) is 0.286. The highest BCUT2D eigenvalue weighted by molar-refractivity contribution is 9.10. The smallest absolute Gasteiger partial charge is 0.259 e. The molecule has 2 aromatic rings. The maximum Gasteiger partial charge on any atom is 0.259 e. The van der Waals surface area contributed by atoms with Crippen LogP contribution >= 0.6 is 15.9 Å². The summed E-state index contributed by atoms with van der Waals surface area (Å²) in [4.78, 5) is 24.2. The van der Waals surface area contributed by atoms with Gasteiger partial charge in [0, 0.05) is 5.56 Å². The molecule has 2 aromatic carbocycles. The highest BCUT2D eigenvalue weighted by Crippen LogP contribution is 2.36. The van der Waals surface area contributed by atoms with E-state index in [1.165, 1.54) is 33.6 Å². The van der Waals surface area contributed by atoms with Gasteiger partial charge in [-0.3, -0.25) is 9.59 Å². The van der Waals surface area contributed by atoms with Crippen LogP contribution in [0, 0.1) is 0 Å². The Morgan fingerprint density at radius 2 is 1.74 bits per heavy atom. The van der Waals surface area contributed by atoms with Crippen LogP contribution in [0.5, 0.6) is 23.0 Å². The molecule has 0 fully saturated rings. The lowest BCUT2D eigenvalue weighted by Gasteiger charge is -2.12. The van der Waals surface area contributed by atoms with Crippen molar-refractivity contribution in [1.82, 2.24) is 10.7 Å². The molecule has 0 saturated heterocycles. The Morgan fingerprint density at radius 1 is 1.03 bits per heavy atom. The van der Waals surface area contributed by atoms with Gasteiger partial charge in [-0.25, -0.2) is 5.43 Å². The number of hydrogen-bond acceptors (Lipinski definition) is 7. The first kappa shape index (κ1) is 24.0. The molecule has 2 rings (SSSR count). The van der Waals surface area contributed by atoms with Crippen molar-refractivity contribution in [3.63, 3.8) is 0 Å². The summed E-state index contributed by atoms with van der Waals surface area (Å²) in [7, 11) is 4.52. The topological polar surface area (TPSA) is 107 Å². The van der Waals surface area contributed by atoms with E-state index in [0.717, 1.165) is 0 Å². The number of hydrazone groups is 1. The number of rotatable bonds is 10. The van der Waals surface area contributed by atoms with Crippen LogP contribution in [0.25, 0.3) is 0 Å². The van der Waals surface area contributed by atoms with Gasteiger partial charge in [0.1, 0.15) is 0 Å². The Balaban J connectivity index is 1.93. The van der Waals surface area contributed by atoms with Gasteiger partial charge < -0.3 is 24.3 Å². The number of carbonyl (C=O) groups excluding carboxylic acids is 2. The van der Waals surface area contributed by atoms with Crippen molar-refractivity contribution in [3.8, 4) is 23.0 Å². The molecule has 0 bridgehead atoms. The van der Waals surface area contributed by atoms with Gasteiger partial charge in [0.25, 0.3) is 11.8 Å². The van der Waals surface area contributed by atoms with E-state index in [9.17, 15) is 9.59 Å². The lowest BCUT2D eigenvalue weighted by Crippen LogP contribution is -2.34. The van der Waals surface area contributed by atoms with Gasteiger partial charge in [0.2, 0.25) is 0 Å². The van der Waals surface area contributed by atoms with E-state index in [-0.39, 0.29) is 6.54 Å². The van der Waals surface area contributed by atoms with Crippen molar-refractivity contribution in [2.24, 2.45) is 5.10 Å². The first-order valence-corrected chi connectivity index (χ1v) is 10.0. The van der Waals surface area contributed by atoms with Crippen LogP contribution in [-0.2, 0) is 4.79 Å². The number of ether oxygens (including phenoxy) is 4. The van der Waals surface area contributed by atoms with Crippen LogP contribution in [0.2, 0.25) is 0 Å². The summed E-state index contributed by atoms with van der Waals surface area (Å²) in [6.07, 6.45) is 1.46. The monoisotopic (exact) mass is 493 g/mol. The van der Waals surface area contributed by atoms with Gasteiger partial charge in [0.05, 0.1) is 45.2 Å². The minimum Gasteiger partial charge on any atom is -0.493 e. The predicted octanol–water partition coefficient (Wildman–Crippen LogP) is 2.75. The molecule has 10 heteroatoms. The van der Waals surface area contributed by atoms with Crippen molar-refractivity contribution in [3.05, 3.63) is 45.9 Å². The molecule has 0 aliphatic carbocycles. The summed E-state index contributed by atoms with van der Waals surface area (Å²) in [6.45, 7) is 2.12. The van der Waals surface area contributed by atoms with E-state index in [1.807, 2.05) is 6.92 Å². The molecular weight excluding hydrogens is 470 g/mol. The van der Waals surface area contributed by atoms with Crippen LogP contribution in [0.4, 0.5) is 0 Å². The molecule has 9 nitrogen and oxygen atoms in total. The maximum atomic E-state index is 12.2. The van der Waals surface area contributed by atoms with Gasteiger partial charge in [-0.05, 0) is 58.7 Å². The predicted molar refractivity (Wildman–Crippen MR) is 119 cm³/mol. The van der Waals surface area contributed by atoms with E-state index in [0.29, 0.717) is 45.2 Å². The Morgan fingerprint density at radius 3 is 2.39 bits per heavy atom. The Hall–Kier alpha value is -3.27. The second-order valence-corrected chi connectivity index (χ2v) is 6.87. The van der Waals surface area contributed by atoms with Gasteiger partial charge in [-0.1, -0.05) is 0 Å². The highest BCUT2D eigenvalue weighted by Gasteiger charge is 2.12. The molecular formula is C21H24BrN3O6. The summed E-state index contributed by atoms with van der Waals surface area (Å²) < 4.78 is 21.9. The molecule has 2 N–H and O–H groups in total. The summed E-state index contributed by atoms with van der Waals surface area (Å²) >= 11 is 3.42. The number of halogens is 1. The fourth-order valence-corrected chi connectivity index (χ4v) is 3.13. The minimum absolute atomic E-state index is 0.249. The van der Waals surface area contributed by atoms with E-state index < -0.39 is 11.8 Å². The van der Waals surface area contributed by atoms with E-state index in [1.54, 1.807) is 24.3 Å². The van der Waals surface area contributed by atoms with Crippen LogP contribution in [0.1, 0.15) is 22.8 Å². The zero-order chi connectivity index (χ0) is 22.8. The third-order valence-corrected chi connectivity index (χ3v) is 4.59. The molecule has 31 heavy (non-hydrogen) atoms. The van der Waals surface area contributed by atoms with Crippen molar-refractivity contribution >= 4 is 34.0 Å². The van der Waals surface area contributed by atoms with E-state index >= 15 is 0 Å². The molecule has 0 unspecified atom stereocenters. The number of methoxy groups -OCH3 is 3. The first-order valence-electron chi connectivity index (χ1n) is 9.25. The zero-order valence-electron chi connectivity index (χ0n) is 17.7. The van der Waals surface area contributed by atoms with Crippen LogP contribution in [0.15, 0.2) is 39.9 Å². The van der Waals surface area contributed by atoms with Crippen molar-refractivity contribution in [2.75, 3.05) is 34.5 Å². The average molecular weight is 494 g/mol. The van der Waals surface area contributed by atoms with Gasteiger partial charge in [-0.2, -0.15) is 5.10 Å². The molecule has 166 valence electrons. The summed E-state index contributed by atoms with van der Waals surface area (Å²) in [5.41, 5.74) is 3.38. The fourth-order valence-electron chi connectivity index (χ4n) is 2.56. The molecule has 0 radical (unpaired) electrons. The van der Waals surface area contributed by atoms with E-state index in [2.05, 4.69) is 31.8 Å².